The van der Waals surface area contributed by atoms with Gasteiger partial charge in [-0.05, 0) is 152 Å². The smallest absolute Gasteiger partial charge is 0.0956 e. The molecule has 6 heterocycles. The molecule has 4 aromatic rings. The van der Waals surface area contributed by atoms with Gasteiger partial charge in [0.15, 0.2) is 0 Å². The number of aryl methyl sites for hydroxylation is 1. The molecule has 3 aliphatic heterocycles. The Hall–Kier alpha value is -3.88. The lowest BCUT2D eigenvalue weighted by atomic mass is 9.80. The number of allylic oxidation sites excluding steroid dienone is 1. The van der Waals surface area contributed by atoms with Crippen molar-refractivity contribution < 1.29 is 0 Å². The lowest BCUT2D eigenvalue weighted by molar-refractivity contribution is 0.133. The number of aromatic nitrogens is 3. The largest absolute Gasteiger partial charge is 0.381 e. The lowest BCUT2D eigenvalue weighted by Crippen LogP contribution is -2.54. The van der Waals surface area contributed by atoms with E-state index in [0.29, 0.717) is 23.9 Å². The number of piperidine rings is 1. The molecule has 1 aromatic carbocycles. The normalized spacial score (nSPS) is 20.6. The first-order valence-corrected chi connectivity index (χ1v) is 29.1. The number of fused-ring (bicyclic) bond motifs is 2. The molecule has 6 N–H and O–H groups in total. The third kappa shape index (κ3) is 13.0. The second-order valence-corrected chi connectivity index (χ2v) is 24.1. The third-order valence-electron chi connectivity index (χ3n) is 17.1. The fourth-order valence-corrected chi connectivity index (χ4v) is 13.9. The summed E-state index contributed by atoms with van der Waals surface area (Å²) >= 11 is 1.77. The SMILES string of the molecule is C=CCCC(C)(C)Cc1c(-c2cc(N3CCN4CCCCC4C3)cnc2C(C)N)n(CC)c2ccc(-c3csc(CC(NC(=C)C(C4CCCC4)N4CCC(CN(C)CC)C4)C(=C)CCCCNN)n3)cc12. The minimum absolute atomic E-state index is 0.0324. The van der Waals surface area contributed by atoms with E-state index in [4.69, 9.17) is 34.7 Å². The second kappa shape index (κ2) is 25.1. The molecule has 4 aliphatic rings. The highest BCUT2D eigenvalue weighted by Crippen LogP contribution is 2.44. The maximum Gasteiger partial charge on any atom is 0.0956 e. The van der Waals surface area contributed by atoms with E-state index in [9.17, 15) is 0 Å². The summed E-state index contributed by atoms with van der Waals surface area (Å²) in [5.41, 5.74) is 21.5. The van der Waals surface area contributed by atoms with E-state index in [1.54, 1.807) is 11.3 Å². The van der Waals surface area contributed by atoms with Crippen molar-refractivity contribution in [3.05, 3.63) is 89.2 Å². The molecule has 5 unspecified atom stereocenters. The molecular formula is C60H93N11S. The highest BCUT2D eigenvalue weighted by molar-refractivity contribution is 7.10. The Morgan fingerprint density at radius 3 is 2.57 bits per heavy atom. The van der Waals surface area contributed by atoms with Gasteiger partial charge in [0.1, 0.15) is 0 Å². The van der Waals surface area contributed by atoms with Crippen molar-refractivity contribution >= 4 is 27.9 Å². The number of piperazine rings is 1. The minimum Gasteiger partial charge on any atom is -0.381 e. The van der Waals surface area contributed by atoms with Crippen LogP contribution < -0.4 is 27.2 Å². The molecule has 12 heteroatoms. The van der Waals surface area contributed by atoms with Gasteiger partial charge < -0.3 is 25.4 Å². The van der Waals surface area contributed by atoms with E-state index in [1.807, 2.05) is 0 Å². The van der Waals surface area contributed by atoms with Crippen LogP contribution in [0.15, 0.2) is 72.9 Å². The Kier molecular flexibility index (Phi) is 19.0. The third-order valence-corrected chi connectivity index (χ3v) is 18.0. The molecule has 394 valence electrons. The zero-order valence-electron chi connectivity index (χ0n) is 45.5. The molecule has 8 rings (SSSR count). The van der Waals surface area contributed by atoms with Gasteiger partial charge in [0.05, 0.1) is 46.1 Å². The fraction of sp³-hybridized carbons (Fsp3) is 0.633. The van der Waals surface area contributed by atoms with E-state index in [0.717, 1.165) is 119 Å². The average molecular weight is 1000 g/mol. The van der Waals surface area contributed by atoms with Crippen LogP contribution in [0.3, 0.4) is 0 Å². The van der Waals surface area contributed by atoms with Crippen LogP contribution in [-0.4, -0.2) is 113 Å². The first-order valence-electron chi connectivity index (χ1n) is 28.3. The Morgan fingerprint density at radius 2 is 1.82 bits per heavy atom. The molecule has 4 fully saturated rings. The maximum absolute atomic E-state index is 6.87. The topological polar surface area (TPSA) is 120 Å². The average Bonchev–Trinajstić information content (AvgIpc) is 4.23. The molecule has 11 nitrogen and oxygen atoms in total. The van der Waals surface area contributed by atoms with Crippen LogP contribution in [0.25, 0.3) is 33.4 Å². The van der Waals surface area contributed by atoms with E-state index >= 15 is 0 Å². The quantitative estimate of drug-likeness (QED) is 0.0210. The van der Waals surface area contributed by atoms with Gasteiger partial charge in [-0.3, -0.25) is 26.1 Å². The number of likely N-dealkylation sites (tertiary alicyclic amines) is 1. The van der Waals surface area contributed by atoms with Gasteiger partial charge in [0.2, 0.25) is 0 Å². The zero-order chi connectivity index (χ0) is 50.9. The number of hydrogen-bond acceptors (Lipinski definition) is 11. The summed E-state index contributed by atoms with van der Waals surface area (Å²) in [5.74, 6) is 7.03. The number of benzene rings is 1. The number of nitrogens with two attached hydrogens (primary N) is 2. The van der Waals surface area contributed by atoms with Crippen LogP contribution in [0, 0.1) is 17.3 Å². The molecule has 0 amide bonds. The molecule has 3 saturated heterocycles. The highest BCUT2D eigenvalue weighted by Gasteiger charge is 2.38. The van der Waals surface area contributed by atoms with Crippen LogP contribution in [0.1, 0.15) is 140 Å². The number of thiazole rings is 1. The Labute approximate surface area is 438 Å². The fourth-order valence-electron chi connectivity index (χ4n) is 13.0. The van der Waals surface area contributed by atoms with Crippen molar-refractivity contribution in [3.63, 3.8) is 0 Å². The molecule has 0 bridgehead atoms. The van der Waals surface area contributed by atoms with Gasteiger partial charge in [0.25, 0.3) is 0 Å². The van der Waals surface area contributed by atoms with Gasteiger partial charge >= 0.3 is 0 Å². The van der Waals surface area contributed by atoms with Crippen LogP contribution in [0.4, 0.5) is 5.69 Å². The number of pyridine rings is 1. The van der Waals surface area contributed by atoms with Crippen molar-refractivity contribution in [2.24, 2.45) is 28.8 Å². The number of nitrogens with one attached hydrogen (secondary N) is 2. The van der Waals surface area contributed by atoms with Gasteiger partial charge in [-0.25, -0.2) is 4.98 Å². The van der Waals surface area contributed by atoms with Crippen molar-refractivity contribution in [2.45, 2.75) is 162 Å². The molecule has 0 spiro atoms. The summed E-state index contributed by atoms with van der Waals surface area (Å²) in [4.78, 5) is 21.3. The number of nitrogens with zero attached hydrogens (tertiary/aromatic N) is 7. The number of rotatable bonds is 26. The van der Waals surface area contributed by atoms with Gasteiger partial charge in [0, 0.05) is 97.4 Å². The summed E-state index contributed by atoms with van der Waals surface area (Å²) in [6, 6.07) is 10.3. The lowest BCUT2D eigenvalue weighted by Gasteiger charge is -2.45. The van der Waals surface area contributed by atoms with Crippen molar-refractivity contribution in [3.8, 4) is 22.5 Å². The Morgan fingerprint density at radius 1 is 1.01 bits per heavy atom. The van der Waals surface area contributed by atoms with Crippen LogP contribution in [-0.2, 0) is 19.4 Å². The monoisotopic (exact) mass is 1000 g/mol. The van der Waals surface area contributed by atoms with Crippen LogP contribution in [0.5, 0.6) is 0 Å². The van der Waals surface area contributed by atoms with Crippen LogP contribution >= 0.6 is 11.3 Å². The first kappa shape index (κ1) is 54.4. The van der Waals surface area contributed by atoms with Crippen molar-refractivity contribution in [1.82, 2.24) is 40.0 Å². The van der Waals surface area contributed by atoms with E-state index < -0.39 is 0 Å². The standard InChI is InChI=1S/C60H93N11S/c1-10-13-27-60(7,8)36-52-50-33-47(24-25-55(50)71(12-3)59(52)51-34-49(37-63-57(51)43(5)61)69-32-31-68-29-19-17-23-48(68)40-69)54-41-72-56(66-54)35-53(42(4)20-16-18-28-64-62)65-44(6)58(46-21-14-15-22-46)70-30-26-45(39-70)38-67(9)11-2/h10,24-25,33-34,37,41,43,45-46,48,53,58,64-65H,1,4,6,11-23,26-32,35-36,38-40,61-62H2,2-3,5,7-9H3. The predicted octanol–water partition coefficient (Wildman–Crippen LogP) is 11.1. The van der Waals surface area contributed by atoms with E-state index in [2.05, 4.69) is 125 Å². The van der Waals surface area contributed by atoms with Crippen LogP contribution in [0.2, 0.25) is 0 Å². The second-order valence-electron chi connectivity index (χ2n) is 23.1. The predicted molar refractivity (Wildman–Crippen MR) is 306 cm³/mol. The Bertz CT molecular complexity index is 2430. The first-order chi connectivity index (χ1) is 34.8. The van der Waals surface area contributed by atoms with E-state index in [-0.39, 0.29) is 17.5 Å². The summed E-state index contributed by atoms with van der Waals surface area (Å²) in [5, 5.41) is 8.77. The van der Waals surface area contributed by atoms with Gasteiger partial charge in [-0.2, -0.15) is 0 Å². The molecule has 1 saturated carbocycles. The number of anilines is 1. The summed E-state index contributed by atoms with van der Waals surface area (Å²) in [6.07, 6.45) is 21.3. The molecule has 0 radical (unpaired) electrons. The minimum atomic E-state index is -0.216. The highest BCUT2D eigenvalue weighted by atomic mass is 32.1. The molecule has 5 atom stereocenters. The molecule has 1 aliphatic carbocycles. The molecular weight excluding hydrogens is 907 g/mol. The summed E-state index contributed by atoms with van der Waals surface area (Å²) < 4.78 is 2.54. The Balaban J connectivity index is 1.12. The molecule has 72 heavy (non-hydrogen) atoms. The van der Waals surface area contributed by atoms with Crippen molar-refractivity contribution in [1.29, 1.82) is 0 Å². The maximum atomic E-state index is 6.87. The zero-order valence-corrected chi connectivity index (χ0v) is 46.3. The number of hydrogen-bond donors (Lipinski definition) is 4. The van der Waals surface area contributed by atoms with Crippen molar-refractivity contribution in [2.75, 3.05) is 70.9 Å². The van der Waals surface area contributed by atoms with E-state index in [1.165, 1.54) is 109 Å². The summed E-state index contributed by atoms with van der Waals surface area (Å²) in [6.45, 7) is 35.8. The van der Waals surface area contributed by atoms with Gasteiger partial charge in [-0.1, -0.05) is 70.9 Å². The number of unbranched alkanes of at least 4 members (excludes halogenated alkanes) is 1. The number of hydrazine groups is 1. The molecule has 3 aromatic heterocycles. The van der Waals surface area contributed by atoms with Gasteiger partial charge in [-0.15, -0.1) is 17.9 Å². The summed E-state index contributed by atoms with van der Waals surface area (Å²) in [7, 11) is 2.26.